The molecule has 0 saturated heterocycles. The van der Waals surface area contributed by atoms with Crippen molar-refractivity contribution >= 4 is 54.3 Å². The second-order valence-electron chi connectivity index (χ2n) is 0.589. The van der Waals surface area contributed by atoms with E-state index >= 15 is 0 Å². The van der Waals surface area contributed by atoms with E-state index in [9.17, 15) is 0 Å². The van der Waals surface area contributed by atoms with Crippen molar-refractivity contribution in [3.8, 4) is 0 Å². The molecule has 120 valence electrons. The summed E-state index contributed by atoms with van der Waals surface area (Å²) in [5, 5.41) is 0. The van der Waals surface area contributed by atoms with Crippen LogP contribution in [0.2, 0.25) is 0 Å². The predicted octanol–water partition coefficient (Wildman–Crippen LogP) is -11.9. The zero-order valence-electron chi connectivity index (χ0n) is 11.7. The second-order valence-corrected chi connectivity index (χ2v) is 3.49. The van der Waals surface area contributed by atoms with Gasteiger partial charge in [-0.05, 0) is 0 Å². The van der Waals surface area contributed by atoms with Crippen molar-refractivity contribution in [1.29, 1.82) is 0 Å². The maximum absolute atomic E-state index is 8.64. The molecule has 16 radical (unpaired) electrons. The average molecular weight is 483 g/mol. The number of hydrogen-bond donors (Lipinski definition) is 0. The molecule has 0 amide bonds. The Morgan fingerprint density at radius 3 is 0.375 bits per heavy atom. The first-order chi connectivity index (χ1) is 10.2. The molecule has 13 nitrogen and oxygen atoms in total. The van der Waals surface area contributed by atoms with Gasteiger partial charge in [0.1, 0.15) is 0 Å². The van der Waals surface area contributed by atoms with Gasteiger partial charge in [-0.3, -0.25) is 38.4 Å². The van der Waals surface area contributed by atoms with Crippen LogP contribution in [0.25, 0.3) is 0 Å². The van der Waals surface area contributed by atoms with Crippen LogP contribution in [0.15, 0.2) is 0 Å². The van der Waals surface area contributed by atoms with E-state index in [4.69, 9.17) is 56.9 Å². The third-order valence-corrected chi connectivity index (χ3v) is 0. The zero-order chi connectivity index (χ0) is 21.4. The average Bonchev–Trinajstić information content (AvgIpc) is 2.59. The van der Waals surface area contributed by atoms with E-state index in [1.165, 1.54) is 0 Å². The molecule has 0 aliphatic rings. The van der Waals surface area contributed by atoms with Gasteiger partial charge in [0, 0.05) is 0 Å². The van der Waals surface area contributed by atoms with Crippen molar-refractivity contribution in [3.63, 3.8) is 0 Å². The molecule has 0 bridgehead atoms. The molecule has 0 aromatic rings. The van der Waals surface area contributed by atoms with Crippen LogP contribution in [-0.4, -0.2) is 54.3 Å². The van der Waals surface area contributed by atoms with Crippen LogP contribution in [0.3, 0.4) is 0 Å². The molecule has 24 heavy (non-hydrogen) atoms. The molecular formula is C8K2O13Ru. The van der Waals surface area contributed by atoms with Crippen LogP contribution in [0.4, 0.5) is 0 Å². The van der Waals surface area contributed by atoms with E-state index in [0.717, 1.165) is 0 Å². The third-order valence-electron chi connectivity index (χ3n) is 0. The first-order valence-electron chi connectivity index (χ1n) is 2.35. The Morgan fingerprint density at radius 1 is 0.375 bits per heavy atom. The molecule has 0 spiro atoms. The van der Waals surface area contributed by atoms with Gasteiger partial charge in [-0.25, -0.2) is 0 Å². The van der Waals surface area contributed by atoms with Crippen molar-refractivity contribution in [3.05, 3.63) is 0 Å². The van der Waals surface area contributed by atoms with Gasteiger partial charge in [-0.15, -0.1) is 0 Å². The first kappa shape index (κ1) is 74.1. The Morgan fingerprint density at radius 2 is 0.375 bits per heavy atom. The summed E-state index contributed by atoms with van der Waals surface area (Å²) in [6, 6.07) is 0. The summed E-state index contributed by atoms with van der Waals surface area (Å²) < 4.78 is 43.2. The quantitative estimate of drug-likeness (QED) is 0.291. The molecule has 0 unspecified atom stereocenters. The van der Waals surface area contributed by atoms with E-state index in [-0.39, 0.29) is 103 Å². The molecule has 0 heterocycles. The second kappa shape index (κ2) is 107. The number of carbonyl (C=O) groups excluding carboxylic acids is 8. The van der Waals surface area contributed by atoms with Crippen molar-refractivity contribution in [2.45, 2.75) is 0 Å². The fourth-order valence-corrected chi connectivity index (χ4v) is 0. The Bertz CT molecular complexity index is 293. The molecular weight excluding hydrogens is 483 g/mol. The Balaban J connectivity index is -0.00000000926. The molecule has 0 saturated carbocycles. The van der Waals surface area contributed by atoms with E-state index in [2.05, 4.69) is 54.3 Å². The van der Waals surface area contributed by atoms with E-state index in [0.29, 0.717) is 0 Å². The molecule has 16 heteroatoms. The van der Waals surface area contributed by atoms with Crippen LogP contribution < -0.4 is 111 Å². The molecule has 0 aromatic heterocycles. The van der Waals surface area contributed by atoms with Crippen molar-refractivity contribution in [1.82, 2.24) is 0 Å². The molecule has 0 aliphatic heterocycles. The van der Waals surface area contributed by atoms with Crippen LogP contribution in [-0.2, 0) is 63.3 Å². The van der Waals surface area contributed by atoms with Gasteiger partial charge in [0.05, 0.1) is 0 Å². The van der Waals surface area contributed by atoms with Gasteiger partial charge in [-0.1, -0.05) is 0 Å². The molecule has 0 fully saturated rings. The number of hydrogen-bond acceptors (Lipinski definition) is 13. The minimum absolute atomic E-state index is 0. The zero-order valence-corrected chi connectivity index (χ0v) is 19.6. The van der Waals surface area contributed by atoms with Crippen LogP contribution in [0.1, 0.15) is 0 Å². The fourth-order valence-electron chi connectivity index (χ4n) is 0. The molecule has 0 aliphatic carbocycles. The Kier molecular flexibility index (Phi) is 332. The number of rotatable bonds is 0. The van der Waals surface area contributed by atoms with E-state index in [1.54, 1.807) is 0 Å². The van der Waals surface area contributed by atoms with E-state index < -0.39 is 14.2 Å². The topological polar surface area (TPSA) is 234 Å². The molecule has 0 aromatic carbocycles. The van der Waals surface area contributed by atoms with Crippen molar-refractivity contribution in [2.75, 3.05) is 0 Å². The van der Waals surface area contributed by atoms with Gasteiger partial charge in [0.15, 0.2) is 0 Å². The van der Waals surface area contributed by atoms with Crippen LogP contribution in [0, 0.1) is 0 Å². The first-order valence-corrected chi connectivity index (χ1v) is 5.90. The van der Waals surface area contributed by atoms with Crippen LogP contribution in [0.5, 0.6) is 0 Å². The van der Waals surface area contributed by atoms with Gasteiger partial charge in [0.2, 0.25) is 0 Å². The molecule has 0 atom stereocenters. The van der Waals surface area contributed by atoms with Gasteiger partial charge in [-0.2, -0.15) is 0 Å². The minimum atomic E-state index is -7.72. The third kappa shape index (κ3) is 31700. The summed E-state index contributed by atoms with van der Waals surface area (Å²) in [4.78, 5) is 60.0. The van der Waals surface area contributed by atoms with Gasteiger partial charge in [0.25, 0.3) is 54.3 Å². The normalized spacial score (nSPS) is 6.00. The predicted molar refractivity (Wildman–Crippen MR) is 47.6 cm³/mol. The summed E-state index contributed by atoms with van der Waals surface area (Å²) >= 11 is -7.72. The molecule has 0 N–H and O–H groups in total. The summed E-state index contributed by atoms with van der Waals surface area (Å²) in [5.41, 5.74) is 0. The summed E-state index contributed by atoms with van der Waals surface area (Å²) in [5.74, 6) is 0. The monoisotopic (exact) mass is 484 g/mol. The summed E-state index contributed by atoms with van der Waals surface area (Å²) in [7, 11) is 0. The summed E-state index contributed by atoms with van der Waals surface area (Å²) in [6.07, 6.45) is 0. The van der Waals surface area contributed by atoms with Crippen molar-refractivity contribution < 1.29 is 174 Å². The van der Waals surface area contributed by atoms with Crippen LogP contribution >= 0.6 is 0 Å². The van der Waals surface area contributed by atoms with Gasteiger partial charge >= 0.3 is 136 Å². The maximum atomic E-state index is 8.64. The molecule has 0 rings (SSSR count). The van der Waals surface area contributed by atoms with Gasteiger partial charge < -0.3 is 0 Å². The Labute approximate surface area is 224 Å². The fraction of sp³-hybridized carbons (Fsp3) is 0. The standard InChI is InChI=1S/8CO.2K.5O.Ru/c8*1-2;;;;;;;;/q;;;;;;;;2*+1;;;;2*-1;. The van der Waals surface area contributed by atoms with Crippen molar-refractivity contribution in [2.24, 2.45) is 0 Å². The SMILES string of the molecule is [C]=O.[C]=O.[C]=O.[C]=O.[C]=O.[C]=O.[C]=O.[C]=O.[K+].[K+].[O]=[Ru](=[O])(=[O])([O-])[O-]. The summed E-state index contributed by atoms with van der Waals surface area (Å²) in [6.45, 7) is 36.0. The Hall–Kier alpha value is 0.576. The van der Waals surface area contributed by atoms with E-state index in [1.807, 2.05) is 0 Å².